The van der Waals surface area contributed by atoms with Crippen molar-refractivity contribution in [3.05, 3.63) is 102 Å². The van der Waals surface area contributed by atoms with Gasteiger partial charge < -0.3 is 4.74 Å². The average Bonchev–Trinajstić information content (AvgIpc) is 2.82. The lowest BCUT2D eigenvalue weighted by Crippen LogP contribution is -2.54. The maximum Gasteiger partial charge on any atom is 0.335 e. The zero-order valence-corrected chi connectivity index (χ0v) is 20.9. The number of non-ortho nitro benzene ring substituents is 1. The third-order valence-corrected chi connectivity index (χ3v) is 6.16. The van der Waals surface area contributed by atoms with Crippen LogP contribution in [0.4, 0.5) is 16.2 Å². The summed E-state index contributed by atoms with van der Waals surface area (Å²) in [5.41, 5.74) is 1.36. The summed E-state index contributed by atoms with van der Waals surface area (Å²) in [4.78, 5) is 48.9. The van der Waals surface area contributed by atoms with Crippen molar-refractivity contribution in [3.63, 3.8) is 0 Å². The summed E-state index contributed by atoms with van der Waals surface area (Å²) in [6.45, 7) is 0.157. The van der Waals surface area contributed by atoms with E-state index in [4.69, 9.17) is 4.74 Å². The van der Waals surface area contributed by atoms with Crippen LogP contribution in [0.5, 0.6) is 5.75 Å². The van der Waals surface area contributed by atoms with Crippen LogP contribution in [0, 0.1) is 10.1 Å². The van der Waals surface area contributed by atoms with Gasteiger partial charge in [0, 0.05) is 12.1 Å². The van der Waals surface area contributed by atoms with Crippen molar-refractivity contribution in [3.8, 4) is 5.75 Å². The molecule has 4 rings (SSSR count). The van der Waals surface area contributed by atoms with Crippen LogP contribution >= 0.6 is 31.9 Å². The number of hydrogen-bond donors (Lipinski definition) is 1. The number of nitro groups is 1. The smallest absolute Gasteiger partial charge is 0.335 e. The van der Waals surface area contributed by atoms with E-state index in [0.29, 0.717) is 25.9 Å². The minimum absolute atomic E-state index is 0.0117. The Bertz CT molecular complexity index is 1350. The number of rotatable bonds is 6. The molecule has 4 amide bonds. The van der Waals surface area contributed by atoms with Gasteiger partial charge in [-0.2, -0.15) is 0 Å². The van der Waals surface area contributed by atoms with Gasteiger partial charge in [0.05, 0.1) is 19.6 Å². The number of carbonyl (C=O) groups excluding carboxylic acids is 3. The number of imide groups is 2. The molecule has 1 N–H and O–H groups in total. The molecule has 0 saturated carbocycles. The summed E-state index contributed by atoms with van der Waals surface area (Å²) in [7, 11) is 0. The summed E-state index contributed by atoms with van der Waals surface area (Å²) >= 11 is 6.86. The van der Waals surface area contributed by atoms with Crippen LogP contribution in [0.3, 0.4) is 0 Å². The van der Waals surface area contributed by atoms with Gasteiger partial charge in [0.1, 0.15) is 17.9 Å². The second kappa shape index (κ2) is 10.2. The van der Waals surface area contributed by atoms with E-state index in [1.54, 1.807) is 54.6 Å². The van der Waals surface area contributed by atoms with Crippen molar-refractivity contribution in [2.45, 2.75) is 6.61 Å². The van der Waals surface area contributed by atoms with Gasteiger partial charge in [-0.05, 0) is 85.5 Å². The number of carbonyl (C=O) groups is 3. The Morgan fingerprint density at radius 1 is 0.971 bits per heavy atom. The predicted octanol–water partition coefficient (Wildman–Crippen LogP) is 5.37. The van der Waals surface area contributed by atoms with Gasteiger partial charge in [-0.1, -0.05) is 18.2 Å². The second-order valence-corrected chi connectivity index (χ2v) is 9.03. The van der Waals surface area contributed by atoms with E-state index >= 15 is 0 Å². The number of amides is 4. The monoisotopic (exact) mass is 599 g/mol. The maximum absolute atomic E-state index is 13.0. The molecule has 176 valence electrons. The Hall–Kier alpha value is -3.83. The van der Waals surface area contributed by atoms with E-state index in [-0.39, 0.29) is 17.9 Å². The van der Waals surface area contributed by atoms with Gasteiger partial charge in [0.25, 0.3) is 17.5 Å². The van der Waals surface area contributed by atoms with Crippen LogP contribution in [-0.2, 0) is 16.2 Å². The molecule has 0 unspecified atom stereocenters. The van der Waals surface area contributed by atoms with Crippen molar-refractivity contribution in [2.75, 3.05) is 4.90 Å². The second-order valence-electron chi connectivity index (χ2n) is 7.32. The largest absolute Gasteiger partial charge is 0.487 e. The van der Waals surface area contributed by atoms with Gasteiger partial charge in [-0.15, -0.1) is 0 Å². The van der Waals surface area contributed by atoms with E-state index < -0.39 is 22.8 Å². The van der Waals surface area contributed by atoms with Gasteiger partial charge in [-0.25, -0.2) is 9.69 Å². The van der Waals surface area contributed by atoms with Gasteiger partial charge >= 0.3 is 6.03 Å². The van der Waals surface area contributed by atoms with Crippen molar-refractivity contribution in [1.82, 2.24) is 5.32 Å². The number of ether oxygens (including phenoxy) is 1. The standard InChI is InChI=1S/C24H15Br2N3O6/c25-19-11-15(12-20(26)21(19)35-13-14-6-8-17(9-7-14)29(33)34)10-18-22(30)27-24(32)28(23(18)31)16-4-2-1-3-5-16/h1-12H,13H2,(H,27,30,32)/b18-10+. The molecule has 0 aliphatic carbocycles. The Morgan fingerprint density at radius 3 is 2.20 bits per heavy atom. The SMILES string of the molecule is O=C1NC(=O)N(c2ccccc2)C(=O)/C1=C/c1cc(Br)c(OCc2ccc([N+](=O)[O-])cc2)c(Br)c1. The van der Waals surface area contributed by atoms with E-state index in [1.807, 2.05) is 0 Å². The highest BCUT2D eigenvalue weighted by Gasteiger charge is 2.36. The Kier molecular flexibility index (Phi) is 7.08. The maximum atomic E-state index is 13.0. The molecule has 9 nitrogen and oxygen atoms in total. The van der Waals surface area contributed by atoms with E-state index in [0.717, 1.165) is 10.5 Å². The molecule has 0 spiro atoms. The van der Waals surface area contributed by atoms with Crippen molar-refractivity contribution in [2.24, 2.45) is 0 Å². The number of para-hydroxylation sites is 1. The lowest BCUT2D eigenvalue weighted by atomic mass is 10.1. The lowest BCUT2D eigenvalue weighted by Gasteiger charge is -2.26. The van der Waals surface area contributed by atoms with Crippen LogP contribution in [0.1, 0.15) is 11.1 Å². The minimum atomic E-state index is -0.819. The van der Waals surface area contributed by atoms with E-state index in [2.05, 4.69) is 37.2 Å². The molecule has 0 aromatic heterocycles. The minimum Gasteiger partial charge on any atom is -0.487 e. The number of nitrogens with one attached hydrogen (secondary N) is 1. The first-order valence-corrected chi connectivity index (χ1v) is 11.6. The molecule has 1 saturated heterocycles. The van der Waals surface area contributed by atoms with Gasteiger partial charge in [0.2, 0.25) is 0 Å². The van der Waals surface area contributed by atoms with Crippen LogP contribution in [0.2, 0.25) is 0 Å². The lowest BCUT2D eigenvalue weighted by molar-refractivity contribution is -0.384. The van der Waals surface area contributed by atoms with Crippen LogP contribution in [-0.4, -0.2) is 22.8 Å². The van der Waals surface area contributed by atoms with E-state index in [1.165, 1.54) is 18.2 Å². The first-order chi connectivity index (χ1) is 16.7. The normalized spacial score (nSPS) is 14.7. The Balaban J connectivity index is 1.56. The zero-order valence-electron chi connectivity index (χ0n) is 17.7. The molecule has 0 atom stereocenters. The average molecular weight is 601 g/mol. The molecular formula is C24H15Br2N3O6. The number of anilines is 1. The molecule has 1 aliphatic heterocycles. The first-order valence-electron chi connectivity index (χ1n) is 10.1. The highest BCUT2D eigenvalue weighted by molar-refractivity contribution is 9.11. The predicted molar refractivity (Wildman–Crippen MR) is 135 cm³/mol. The van der Waals surface area contributed by atoms with Crippen molar-refractivity contribution < 1.29 is 24.0 Å². The number of nitro benzene ring substituents is 1. The van der Waals surface area contributed by atoms with Crippen molar-refractivity contribution in [1.29, 1.82) is 0 Å². The third kappa shape index (κ3) is 5.31. The van der Waals surface area contributed by atoms with Crippen LogP contribution in [0.15, 0.2) is 81.2 Å². The van der Waals surface area contributed by atoms with Gasteiger partial charge in [-0.3, -0.25) is 25.0 Å². The number of barbiturate groups is 1. The number of nitrogens with zero attached hydrogens (tertiary/aromatic N) is 2. The molecule has 35 heavy (non-hydrogen) atoms. The topological polar surface area (TPSA) is 119 Å². The number of urea groups is 1. The van der Waals surface area contributed by atoms with Gasteiger partial charge in [0.15, 0.2) is 0 Å². The molecule has 3 aromatic carbocycles. The first kappa shape index (κ1) is 24.3. The molecule has 1 fully saturated rings. The Labute approximate surface area is 215 Å². The number of benzene rings is 3. The van der Waals surface area contributed by atoms with Crippen LogP contribution < -0.4 is 15.0 Å². The molecule has 1 heterocycles. The summed E-state index contributed by atoms with van der Waals surface area (Å²) in [5, 5.41) is 13.0. The fourth-order valence-corrected chi connectivity index (χ4v) is 4.76. The fraction of sp³-hybridized carbons (Fsp3) is 0.0417. The molecular weight excluding hydrogens is 586 g/mol. The highest BCUT2D eigenvalue weighted by Crippen LogP contribution is 2.36. The quantitative estimate of drug-likeness (QED) is 0.176. The summed E-state index contributed by atoms with van der Waals surface area (Å²) in [6.07, 6.45) is 1.38. The zero-order chi connectivity index (χ0) is 25.1. The third-order valence-electron chi connectivity index (χ3n) is 4.98. The molecule has 0 radical (unpaired) electrons. The molecule has 11 heteroatoms. The fourth-order valence-electron chi connectivity index (χ4n) is 3.31. The van der Waals surface area contributed by atoms with Crippen molar-refractivity contribution >= 4 is 67.2 Å². The summed E-state index contributed by atoms with van der Waals surface area (Å²) < 4.78 is 6.93. The summed E-state index contributed by atoms with van der Waals surface area (Å²) in [5.74, 6) is -1.07. The number of hydrogen-bond acceptors (Lipinski definition) is 6. The molecule has 3 aromatic rings. The highest BCUT2D eigenvalue weighted by atomic mass is 79.9. The van der Waals surface area contributed by atoms with E-state index in [9.17, 15) is 24.5 Å². The number of halogens is 2. The van der Waals surface area contributed by atoms with Crippen LogP contribution in [0.25, 0.3) is 6.08 Å². The molecule has 1 aliphatic rings. The molecule has 0 bridgehead atoms. The summed E-state index contributed by atoms with van der Waals surface area (Å²) in [6, 6.07) is 16.8. The Morgan fingerprint density at radius 2 is 1.60 bits per heavy atom.